The van der Waals surface area contributed by atoms with Gasteiger partial charge in [0, 0.05) is 5.56 Å². The van der Waals surface area contributed by atoms with Gasteiger partial charge in [-0.25, -0.2) is 4.39 Å². The monoisotopic (exact) mass is 286 g/mol. The van der Waals surface area contributed by atoms with Crippen LogP contribution in [0.4, 0.5) is 4.39 Å². The minimum absolute atomic E-state index is 0.279. The summed E-state index contributed by atoms with van der Waals surface area (Å²) in [4.78, 5) is 22.5. The number of hydrogen-bond acceptors (Lipinski definition) is 3. The zero-order chi connectivity index (χ0) is 13.3. The van der Waals surface area contributed by atoms with Crippen molar-refractivity contribution in [3.05, 3.63) is 57.2 Å². The Bertz CT molecular complexity index is 668. The molecule has 1 aromatic carbocycles. The summed E-state index contributed by atoms with van der Waals surface area (Å²) in [7, 11) is 0. The van der Waals surface area contributed by atoms with Crippen LogP contribution in [0, 0.1) is 5.82 Å². The van der Waals surface area contributed by atoms with Crippen LogP contribution < -0.4 is 5.56 Å². The zero-order valence-corrected chi connectivity index (χ0v) is 10.2. The van der Waals surface area contributed by atoms with Crippen molar-refractivity contribution in [2.24, 2.45) is 0 Å². The second kappa shape index (κ2) is 4.88. The Morgan fingerprint density at radius 1 is 1.28 bits per heavy atom. The van der Waals surface area contributed by atoms with Crippen LogP contribution in [-0.2, 0) is 0 Å². The second-order valence-corrected chi connectivity index (χ2v) is 4.07. The first-order chi connectivity index (χ1) is 8.50. The molecular weight excluding hydrogens is 282 g/mol. The molecule has 0 aliphatic rings. The fraction of sp³-hybridized carbons (Fsp3) is 0. The predicted molar refractivity (Wildman–Crippen MR) is 65.0 cm³/mol. The first kappa shape index (κ1) is 12.7. The van der Waals surface area contributed by atoms with Gasteiger partial charge in [0.05, 0.1) is 11.9 Å². The first-order valence-corrected chi connectivity index (χ1v) is 5.50. The van der Waals surface area contributed by atoms with E-state index >= 15 is 0 Å². The lowest BCUT2D eigenvalue weighted by molar-refractivity contribution is 0.108. The van der Waals surface area contributed by atoms with Crippen LogP contribution >= 0.6 is 23.2 Å². The molecular formula is C11H5Cl2FN2O2. The van der Waals surface area contributed by atoms with Crippen LogP contribution in [0.3, 0.4) is 0 Å². The standard InChI is InChI=1S/C11H5Cl2FN2O2/c12-9-8(14)5-15-16(11(9)18)7-3-1-6(2-4-7)10(13)17/h1-5H. The number of aromatic nitrogens is 2. The summed E-state index contributed by atoms with van der Waals surface area (Å²) in [5.41, 5.74) is -0.146. The van der Waals surface area contributed by atoms with Gasteiger partial charge in [-0.1, -0.05) is 11.6 Å². The molecule has 0 aliphatic carbocycles. The van der Waals surface area contributed by atoms with Crippen LogP contribution in [0.2, 0.25) is 5.02 Å². The van der Waals surface area contributed by atoms with E-state index in [0.717, 1.165) is 10.9 Å². The molecule has 0 saturated carbocycles. The molecule has 2 aromatic rings. The van der Waals surface area contributed by atoms with Crippen molar-refractivity contribution in [1.29, 1.82) is 0 Å². The van der Waals surface area contributed by atoms with E-state index in [2.05, 4.69) is 5.10 Å². The van der Waals surface area contributed by atoms with E-state index in [0.29, 0.717) is 5.69 Å². The lowest BCUT2D eigenvalue weighted by Gasteiger charge is -2.05. The largest absolute Gasteiger partial charge is 0.293 e. The Balaban J connectivity index is 2.53. The maximum absolute atomic E-state index is 13.0. The molecule has 0 saturated heterocycles. The number of hydrogen-bond donors (Lipinski definition) is 0. The Morgan fingerprint density at radius 3 is 2.44 bits per heavy atom. The SMILES string of the molecule is O=C(Cl)c1ccc(-n2ncc(F)c(Cl)c2=O)cc1. The van der Waals surface area contributed by atoms with Gasteiger partial charge in [-0.05, 0) is 35.9 Å². The van der Waals surface area contributed by atoms with E-state index in [1.54, 1.807) is 0 Å². The van der Waals surface area contributed by atoms with Crippen molar-refractivity contribution in [3.8, 4) is 5.69 Å². The summed E-state index contributed by atoms with van der Waals surface area (Å²) in [6.07, 6.45) is 0.838. The number of carbonyl (C=O) groups is 1. The van der Waals surface area contributed by atoms with E-state index in [9.17, 15) is 14.0 Å². The van der Waals surface area contributed by atoms with Crippen LogP contribution in [0.1, 0.15) is 10.4 Å². The van der Waals surface area contributed by atoms with Crippen molar-refractivity contribution < 1.29 is 9.18 Å². The number of halogens is 3. The third-order valence-corrected chi connectivity index (χ3v) is 2.78. The van der Waals surface area contributed by atoms with Gasteiger partial charge in [0.15, 0.2) is 5.82 Å². The number of benzene rings is 1. The molecule has 4 nitrogen and oxygen atoms in total. The average Bonchev–Trinajstić information content (AvgIpc) is 2.36. The molecule has 0 amide bonds. The summed E-state index contributed by atoms with van der Waals surface area (Å²) in [6, 6.07) is 5.77. The van der Waals surface area contributed by atoms with Crippen molar-refractivity contribution in [1.82, 2.24) is 9.78 Å². The molecule has 1 aromatic heterocycles. The Hall–Kier alpha value is -1.72. The summed E-state index contributed by atoms with van der Waals surface area (Å²) in [5.74, 6) is -0.884. The molecule has 0 unspecified atom stereocenters. The van der Waals surface area contributed by atoms with E-state index in [1.807, 2.05) is 0 Å². The van der Waals surface area contributed by atoms with Crippen LogP contribution in [0.25, 0.3) is 5.69 Å². The fourth-order valence-electron chi connectivity index (χ4n) is 1.33. The minimum Gasteiger partial charge on any atom is -0.276 e. The average molecular weight is 287 g/mol. The smallest absolute Gasteiger partial charge is 0.276 e. The number of nitrogens with zero attached hydrogens (tertiary/aromatic N) is 2. The van der Waals surface area contributed by atoms with E-state index in [4.69, 9.17) is 23.2 Å². The summed E-state index contributed by atoms with van der Waals surface area (Å²) in [6.45, 7) is 0. The molecule has 0 aliphatic heterocycles. The Labute approximate surface area is 111 Å². The molecule has 0 N–H and O–H groups in total. The van der Waals surface area contributed by atoms with Crippen molar-refractivity contribution in [2.45, 2.75) is 0 Å². The highest BCUT2D eigenvalue weighted by Crippen LogP contribution is 2.11. The molecule has 0 spiro atoms. The van der Waals surface area contributed by atoms with E-state index in [-0.39, 0.29) is 5.56 Å². The van der Waals surface area contributed by atoms with Gasteiger partial charge >= 0.3 is 0 Å². The van der Waals surface area contributed by atoms with E-state index < -0.39 is 21.6 Å². The summed E-state index contributed by atoms with van der Waals surface area (Å²) < 4.78 is 13.9. The summed E-state index contributed by atoms with van der Waals surface area (Å²) >= 11 is 10.8. The van der Waals surface area contributed by atoms with Gasteiger partial charge in [0.2, 0.25) is 0 Å². The summed E-state index contributed by atoms with van der Waals surface area (Å²) in [5, 5.41) is 2.46. The van der Waals surface area contributed by atoms with Crippen molar-refractivity contribution >= 4 is 28.4 Å². The van der Waals surface area contributed by atoms with Gasteiger partial charge in [-0.15, -0.1) is 0 Å². The van der Waals surface area contributed by atoms with Crippen LogP contribution in [-0.4, -0.2) is 15.0 Å². The van der Waals surface area contributed by atoms with Gasteiger partial charge in [-0.2, -0.15) is 9.78 Å². The normalized spacial score (nSPS) is 10.4. The maximum Gasteiger partial charge on any atom is 0.293 e. The van der Waals surface area contributed by atoms with Crippen molar-refractivity contribution in [3.63, 3.8) is 0 Å². The fourth-order valence-corrected chi connectivity index (χ4v) is 1.59. The number of rotatable bonds is 2. The Kier molecular flexibility index (Phi) is 3.45. The molecule has 0 radical (unpaired) electrons. The molecule has 0 bridgehead atoms. The van der Waals surface area contributed by atoms with Crippen LogP contribution in [0.15, 0.2) is 35.3 Å². The highest BCUT2D eigenvalue weighted by molar-refractivity contribution is 6.67. The topological polar surface area (TPSA) is 52.0 Å². The molecule has 92 valence electrons. The minimum atomic E-state index is -0.884. The molecule has 18 heavy (non-hydrogen) atoms. The zero-order valence-electron chi connectivity index (χ0n) is 8.73. The lowest BCUT2D eigenvalue weighted by Crippen LogP contribution is -2.22. The highest BCUT2D eigenvalue weighted by atomic mass is 35.5. The molecule has 0 fully saturated rings. The molecule has 0 atom stereocenters. The van der Waals surface area contributed by atoms with Crippen LogP contribution in [0.5, 0.6) is 0 Å². The maximum atomic E-state index is 13.0. The number of carbonyl (C=O) groups excluding carboxylic acids is 1. The van der Waals surface area contributed by atoms with Crippen molar-refractivity contribution in [2.75, 3.05) is 0 Å². The van der Waals surface area contributed by atoms with E-state index in [1.165, 1.54) is 24.3 Å². The third-order valence-electron chi connectivity index (χ3n) is 2.22. The lowest BCUT2D eigenvalue weighted by atomic mass is 10.2. The second-order valence-electron chi connectivity index (χ2n) is 3.34. The molecule has 1 heterocycles. The highest BCUT2D eigenvalue weighted by Gasteiger charge is 2.10. The molecule has 7 heteroatoms. The van der Waals surface area contributed by atoms with Gasteiger partial charge < -0.3 is 0 Å². The quantitative estimate of drug-likeness (QED) is 0.797. The predicted octanol–water partition coefficient (Wildman–Crippen LogP) is 2.40. The Morgan fingerprint density at radius 2 is 1.89 bits per heavy atom. The van der Waals surface area contributed by atoms with Gasteiger partial charge in [0.25, 0.3) is 10.8 Å². The third kappa shape index (κ3) is 2.27. The van der Waals surface area contributed by atoms with Gasteiger partial charge in [-0.3, -0.25) is 9.59 Å². The first-order valence-electron chi connectivity index (χ1n) is 4.74. The molecule has 2 rings (SSSR count). The van der Waals surface area contributed by atoms with Gasteiger partial charge in [0.1, 0.15) is 5.02 Å².